The normalized spacial score (nSPS) is 13.2. The summed E-state index contributed by atoms with van der Waals surface area (Å²) in [4.78, 5) is 0. The van der Waals surface area contributed by atoms with Crippen LogP contribution in [-0.2, 0) is 5.92 Å². The van der Waals surface area contributed by atoms with Crippen molar-refractivity contribution in [2.45, 2.75) is 25.8 Å². The number of rotatable bonds is 2. The minimum atomic E-state index is -2.79. The van der Waals surface area contributed by atoms with Crippen molar-refractivity contribution in [2.75, 3.05) is 0 Å². The van der Waals surface area contributed by atoms with E-state index in [4.69, 9.17) is 5.73 Å². The zero-order valence-electron chi connectivity index (χ0n) is 8.13. The lowest BCUT2D eigenvalue weighted by Crippen LogP contribution is -2.10. The SMILES string of the molecule is CC(N)c1cccc(C(C)(F)F)c1.Cl. The molecule has 0 heterocycles. The van der Waals surface area contributed by atoms with E-state index in [1.54, 1.807) is 19.1 Å². The summed E-state index contributed by atoms with van der Waals surface area (Å²) in [6.45, 7) is 2.65. The average molecular weight is 222 g/mol. The highest BCUT2D eigenvalue weighted by Gasteiger charge is 2.24. The van der Waals surface area contributed by atoms with Gasteiger partial charge in [-0.1, -0.05) is 18.2 Å². The molecule has 0 saturated heterocycles. The Morgan fingerprint density at radius 1 is 1.36 bits per heavy atom. The van der Waals surface area contributed by atoms with Crippen LogP contribution in [0.15, 0.2) is 24.3 Å². The fraction of sp³-hybridized carbons (Fsp3) is 0.400. The highest BCUT2D eigenvalue weighted by atomic mass is 35.5. The largest absolute Gasteiger partial charge is 0.324 e. The third-order valence-corrected chi connectivity index (χ3v) is 1.92. The molecule has 14 heavy (non-hydrogen) atoms. The molecule has 0 aliphatic carbocycles. The monoisotopic (exact) mass is 221 g/mol. The predicted molar refractivity (Wildman–Crippen MR) is 55.9 cm³/mol. The molecule has 0 bridgehead atoms. The molecule has 1 nitrogen and oxygen atoms in total. The topological polar surface area (TPSA) is 26.0 Å². The van der Waals surface area contributed by atoms with Crippen LogP contribution in [0.2, 0.25) is 0 Å². The number of hydrogen-bond acceptors (Lipinski definition) is 1. The first-order valence-electron chi connectivity index (χ1n) is 4.15. The van der Waals surface area contributed by atoms with E-state index in [-0.39, 0.29) is 24.0 Å². The molecule has 1 rings (SSSR count). The summed E-state index contributed by atoms with van der Waals surface area (Å²) in [7, 11) is 0. The Bertz CT molecular complexity index is 294. The van der Waals surface area contributed by atoms with Gasteiger partial charge in [-0.15, -0.1) is 12.4 Å². The molecule has 0 aliphatic rings. The highest BCUT2D eigenvalue weighted by molar-refractivity contribution is 5.85. The molecule has 0 amide bonds. The minimum Gasteiger partial charge on any atom is -0.324 e. The lowest BCUT2D eigenvalue weighted by atomic mass is 10.0. The van der Waals surface area contributed by atoms with Gasteiger partial charge in [-0.25, -0.2) is 8.78 Å². The van der Waals surface area contributed by atoms with Gasteiger partial charge in [0.15, 0.2) is 0 Å². The molecule has 0 spiro atoms. The summed E-state index contributed by atoms with van der Waals surface area (Å²) in [5, 5.41) is 0. The molecule has 1 aromatic carbocycles. The van der Waals surface area contributed by atoms with E-state index in [9.17, 15) is 8.78 Å². The van der Waals surface area contributed by atoms with E-state index >= 15 is 0 Å². The van der Waals surface area contributed by atoms with Crippen LogP contribution in [0.4, 0.5) is 8.78 Å². The third kappa shape index (κ3) is 3.24. The van der Waals surface area contributed by atoms with Crippen molar-refractivity contribution in [2.24, 2.45) is 5.73 Å². The minimum absolute atomic E-state index is 0. The number of benzene rings is 1. The smallest absolute Gasteiger partial charge is 0.270 e. The maximum Gasteiger partial charge on any atom is 0.270 e. The molecule has 4 heteroatoms. The van der Waals surface area contributed by atoms with Gasteiger partial charge in [0.05, 0.1) is 0 Å². The van der Waals surface area contributed by atoms with E-state index in [1.165, 1.54) is 12.1 Å². The summed E-state index contributed by atoms with van der Waals surface area (Å²) < 4.78 is 25.7. The van der Waals surface area contributed by atoms with Gasteiger partial charge >= 0.3 is 0 Å². The van der Waals surface area contributed by atoms with E-state index in [2.05, 4.69) is 0 Å². The van der Waals surface area contributed by atoms with Crippen molar-refractivity contribution in [3.8, 4) is 0 Å². The number of halogens is 3. The molecule has 0 saturated carbocycles. The molecule has 0 radical (unpaired) electrons. The summed E-state index contributed by atoms with van der Waals surface area (Å²) in [6.07, 6.45) is 0. The summed E-state index contributed by atoms with van der Waals surface area (Å²) >= 11 is 0. The Morgan fingerprint density at radius 3 is 2.36 bits per heavy atom. The molecule has 1 atom stereocenters. The van der Waals surface area contributed by atoms with E-state index in [0.717, 1.165) is 12.5 Å². The summed E-state index contributed by atoms with van der Waals surface area (Å²) in [5.41, 5.74) is 6.33. The van der Waals surface area contributed by atoms with Gasteiger partial charge in [0, 0.05) is 18.5 Å². The lowest BCUT2D eigenvalue weighted by molar-refractivity contribution is 0.0174. The predicted octanol–water partition coefficient (Wildman–Crippen LogP) is 3.24. The second-order valence-corrected chi connectivity index (χ2v) is 3.30. The van der Waals surface area contributed by atoms with Crippen molar-refractivity contribution in [1.29, 1.82) is 0 Å². The highest BCUT2D eigenvalue weighted by Crippen LogP contribution is 2.28. The van der Waals surface area contributed by atoms with Gasteiger partial charge in [-0.2, -0.15) is 0 Å². The zero-order chi connectivity index (χ0) is 10.1. The van der Waals surface area contributed by atoms with Gasteiger partial charge < -0.3 is 5.73 Å². The zero-order valence-corrected chi connectivity index (χ0v) is 8.94. The second-order valence-electron chi connectivity index (χ2n) is 3.30. The van der Waals surface area contributed by atoms with Gasteiger partial charge in [-0.05, 0) is 18.6 Å². The molecule has 1 unspecified atom stereocenters. The van der Waals surface area contributed by atoms with E-state index in [1.807, 2.05) is 0 Å². The summed E-state index contributed by atoms with van der Waals surface area (Å²) in [5.74, 6) is -2.79. The molecule has 2 N–H and O–H groups in total. The molecule has 0 aliphatic heterocycles. The quantitative estimate of drug-likeness (QED) is 0.815. The van der Waals surface area contributed by atoms with Gasteiger partial charge in [0.2, 0.25) is 0 Å². The van der Waals surface area contributed by atoms with Crippen LogP contribution in [0.1, 0.15) is 31.0 Å². The Hall–Kier alpha value is -0.670. The fourth-order valence-corrected chi connectivity index (χ4v) is 1.09. The van der Waals surface area contributed by atoms with Crippen LogP contribution in [-0.4, -0.2) is 0 Å². The molecule has 1 aromatic rings. The standard InChI is InChI=1S/C10H13F2N.ClH/c1-7(13)8-4-3-5-9(6-8)10(2,11)12;/h3-7H,13H2,1-2H3;1H. The summed E-state index contributed by atoms with van der Waals surface area (Å²) in [6, 6.07) is 6.00. The Morgan fingerprint density at radius 2 is 1.93 bits per heavy atom. The van der Waals surface area contributed by atoms with Gasteiger partial charge in [0.1, 0.15) is 0 Å². The molecular weight excluding hydrogens is 208 g/mol. The average Bonchev–Trinajstić information content (AvgIpc) is 2.03. The van der Waals surface area contributed by atoms with Crippen molar-refractivity contribution in [1.82, 2.24) is 0 Å². The Balaban J connectivity index is 0.00000169. The Kier molecular flexibility index (Phi) is 4.49. The van der Waals surface area contributed by atoms with Crippen LogP contribution in [0.5, 0.6) is 0 Å². The maximum absolute atomic E-state index is 12.9. The molecule has 0 aromatic heterocycles. The first-order valence-corrected chi connectivity index (χ1v) is 4.15. The fourth-order valence-electron chi connectivity index (χ4n) is 1.09. The van der Waals surface area contributed by atoms with E-state index in [0.29, 0.717) is 0 Å². The molecule has 80 valence electrons. The van der Waals surface area contributed by atoms with E-state index < -0.39 is 5.92 Å². The molecule has 0 fully saturated rings. The van der Waals surface area contributed by atoms with Crippen LogP contribution >= 0.6 is 12.4 Å². The van der Waals surface area contributed by atoms with Gasteiger partial charge in [-0.3, -0.25) is 0 Å². The Labute approximate surface area is 88.7 Å². The maximum atomic E-state index is 12.9. The lowest BCUT2D eigenvalue weighted by Gasteiger charge is -2.13. The van der Waals surface area contributed by atoms with Crippen molar-refractivity contribution < 1.29 is 8.78 Å². The number of nitrogens with two attached hydrogens (primary N) is 1. The van der Waals surface area contributed by atoms with Gasteiger partial charge in [0.25, 0.3) is 5.92 Å². The van der Waals surface area contributed by atoms with Crippen molar-refractivity contribution in [3.63, 3.8) is 0 Å². The second kappa shape index (κ2) is 4.71. The van der Waals surface area contributed by atoms with Crippen LogP contribution in [0.3, 0.4) is 0 Å². The number of hydrogen-bond donors (Lipinski definition) is 1. The first kappa shape index (κ1) is 13.3. The first-order chi connectivity index (χ1) is 5.91. The van der Waals surface area contributed by atoms with Crippen molar-refractivity contribution >= 4 is 12.4 Å². The molecular formula is C10H14ClF2N. The van der Waals surface area contributed by atoms with Crippen LogP contribution in [0, 0.1) is 0 Å². The van der Waals surface area contributed by atoms with Crippen LogP contribution < -0.4 is 5.73 Å². The third-order valence-electron chi connectivity index (χ3n) is 1.92. The number of alkyl halides is 2. The van der Waals surface area contributed by atoms with Crippen LogP contribution in [0.25, 0.3) is 0 Å². The van der Waals surface area contributed by atoms with Crippen molar-refractivity contribution in [3.05, 3.63) is 35.4 Å².